The van der Waals surface area contributed by atoms with Crippen molar-refractivity contribution in [1.82, 2.24) is 10.2 Å². The number of nitrogens with zero attached hydrogens (tertiary/aromatic N) is 1. The Bertz CT molecular complexity index is 227. The van der Waals surface area contributed by atoms with Gasteiger partial charge >= 0.3 is 0 Å². The molecule has 1 atom stereocenters. The lowest BCUT2D eigenvalue weighted by molar-refractivity contribution is -0.152. The van der Waals surface area contributed by atoms with E-state index in [0.717, 1.165) is 26.2 Å². The van der Waals surface area contributed by atoms with Gasteiger partial charge < -0.3 is 15.0 Å². The monoisotopic (exact) mass is 212 g/mol. The lowest BCUT2D eigenvalue weighted by Crippen LogP contribution is -2.50. The summed E-state index contributed by atoms with van der Waals surface area (Å²) in [5.41, 5.74) is 0. The van der Waals surface area contributed by atoms with Crippen LogP contribution in [0.2, 0.25) is 0 Å². The molecule has 1 unspecified atom stereocenters. The van der Waals surface area contributed by atoms with Gasteiger partial charge in [-0.2, -0.15) is 0 Å². The van der Waals surface area contributed by atoms with Gasteiger partial charge in [0.25, 0.3) is 0 Å². The Morgan fingerprint density at radius 1 is 1.47 bits per heavy atom. The predicted molar refractivity (Wildman–Crippen MR) is 57.6 cm³/mol. The van der Waals surface area contributed by atoms with Gasteiger partial charge in [0.05, 0.1) is 6.10 Å². The largest absolute Gasteiger partial charge is 0.366 e. The summed E-state index contributed by atoms with van der Waals surface area (Å²) in [7, 11) is 0. The first-order valence-electron chi connectivity index (χ1n) is 5.91. The topological polar surface area (TPSA) is 41.6 Å². The molecule has 0 aromatic carbocycles. The van der Waals surface area contributed by atoms with Crippen molar-refractivity contribution in [2.75, 3.05) is 32.8 Å². The molecule has 2 saturated heterocycles. The predicted octanol–water partition coefficient (Wildman–Crippen LogP) is 0.233. The van der Waals surface area contributed by atoms with Crippen molar-refractivity contribution < 1.29 is 9.53 Å². The molecule has 2 aliphatic rings. The third-order valence-corrected chi connectivity index (χ3v) is 3.47. The molecule has 0 aromatic rings. The molecular formula is C11H20N2O2. The van der Waals surface area contributed by atoms with Gasteiger partial charge in [-0.15, -0.1) is 0 Å². The lowest BCUT2D eigenvalue weighted by Gasteiger charge is -2.37. The van der Waals surface area contributed by atoms with Crippen LogP contribution in [0.5, 0.6) is 0 Å². The zero-order valence-electron chi connectivity index (χ0n) is 9.37. The van der Waals surface area contributed by atoms with E-state index in [1.807, 2.05) is 11.8 Å². The fraction of sp³-hybridized carbons (Fsp3) is 0.909. The third-order valence-electron chi connectivity index (χ3n) is 3.47. The highest BCUT2D eigenvalue weighted by molar-refractivity contribution is 5.78. The van der Waals surface area contributed by atoms with Crippen LogP contribution in [0.1, 0.15) is 19.8 Å². The van der Waals surface area contributed by atoms with Crippen molar-refractivity contribution in [3.05, 3.63) is 0 Å². The van der Waals surface area contributed by atoms with Crippen LogP contribution in [0.4, 0.5) is 0 Å². The summed E-state index contributed by atoms with van der Waals surface area (Å²) in [6, 6.07) is 0. The summed E-state index contributed by atoms with van der Waals surface area (Å²) >= 11 is 0. The minimum absolute atomic E-state index is 0.141. The summed E-state index contributed by atoms with van der Waals surface area (Å²) in [5, 5.41) is 3.35. The van der Waals surface area contributed by atoms with Gasteiger partial charge in [-0.1, -0.05) is 0 Å². The number of amides is 1. The van der Waals surface area contributed by atoms with Gasteiger partial charge in [0.15, 0.2) is 0 Å². The molecule has 86 valence electrons. The first-order valence-corrected chi connectivity index (χ1v) is 5.91. The van der Waals surface area contributed by atoms with E-state index in [4.69, 9.17) is 4.74 Å². The van der Waals surface area contributed by atoms with Crippen LogP contribution in [-0.4, -0.2) is 49.7 Å². The van der Waals surface area contributed by atoms with Crippen molar-refractivity contribution in [2.24, 2.45) is 5.92 Å². The fourth-order valence-electron chi connectivity index (χ4n) is 2.45. The Morgan fingerprint density at radius 2 is 2.20 bits per heavy atom. The standard InChI is InChI=1S/C11H20N2O2/c1-2-13-7-10(15-8-11(13)14)9-3-5-12-6-4-9/h9-10,12H,2-8H2,1H3. The van der Waals surface area contributed by atoms with Crippen LogP contribution in [0.15, 0.2) is 0 Å². The molecule has 4 nitrogen and oxygen atoms in total. The first kappa shape index (κ1) is 10.9. The molecule has 0 aromatic heterocycles. The quantitative estimate of drug-likeness (QED) is 0.712. The van der Waals surface area contributed by atoms with E-state index in [-0.39, 0.29) is 18.6 Å². The number of morpholine rings is 1. The third kappa shape index (κ3) is 2.49. The minimum atomic E-state index is 0.141. The maximum atomic E-state index is 11.4. The maximum absolute atomic E-state index is 11.4. The van der Waals surface area contributed by atoms with Crippen LogP contribution in [-0.2, 0) is 9.53 Å². The molecule has 1 amide bonds. The van der Waals surface area contributed by atoms with Crippen LogP contribution < -0.4 is 5.32 Å². The number of hydrogen-bond acceptors (Lipinski definition) is 3. The highest BCUT2D eigenvalue weighted by Gasteiger charge is 2.31. The average Bonchev–Trinajstić information content (AvgIpc) is 2.31. The molecule has 4 heteroatoms. The molecule has 1 N–H and O–H groups in total. The summed E-state index contributed by atoms with van der Waals surface area (Å²) in [6.07, 6.45) is 2.62. The molecule has 2 rings (SSSR count). The van der Waals surface area contributed by atoms with E-state index in [1.54, 1.807) is 0 Å². The van der Waals surface area contributed by atoms with Gasteiger partial charge in [0.1, 0.15) is 6.61 Å². The van der Waals surface area contributed by atoms with Crippen LogP contribution in [0.25, 0.3) is 0 Å². The van der Waals surface area contributed by atoms with E-state index in [0.29, 0.717) is 5.92 Å². The summed E-state index contributed by atoms with van der Waals surface area (Å²) in [6.45, 7) is 6.09. The van der Waals surface area contributed by atoms with E-state index in [2.05, 4.69) is 5.32 Å². The number of ether oxygens (including phenoxy) is 1. The molecule has 0 bridgehead atoms. The Balaban J connectivity index is 1.89. The highest BCUT2D eigenvalue weighted by atomic mass is 16.5. The van der Waals surface area contributed by atoms with Crippen LogP contribution in [0, 0.1) is 5.92 Å². The fourth-order valence-corrected chi connectivity index (χ4v) is 2.45. The number of rotatable bonds is 2. The Hall–Kier alpha value is -0.610. The second-order valence-electron chi connectivity index (χ2n) is 4.37. The number of hydrogen-bond donors (Lipinski definition) is 1. The van der Waals surface area contributed by atoms with E-state index >= 15 is 0 Å². The van der Waals surface area contributed by atoms with Crippen LogP contribution >= 0.6 is 0 Å². The molecule has 2 aliphatic heterocycles. The second-order valence-corrected chi connectivity index (χ2v) is 4.37. The zero-order valence-corrected chi connectivity index (χ0v) is 9.37. The number of nitrogens with one attached hydrogen (secondary N) is 1. The summed E-state index contributed by atoms with van der Waals surface area (Å²) < 4.78 is 5.64. The van der Waals surface area contributed by atoms with Gasteiger partial charge in [-0.3, -0.25) is 4.79 Å². The van der Waals surface area contributed by atoms with Crippen molar-refractivity contribution >= 4 is 5.91 Å². The van der Waals surface area contributed by atoms with E-state index < -0.39 is 0 Å². The number of piperidine rings is 1. The van der Waals surface area contributed by atoms with Gasteiger partial charge in [-0.05, 0) is 38.8 Å². The number of likely N-dealkylation sites (N-methyl/N-ethyl adjacent to an activating group) is 1. The van der Waals surface area contributed by atoms with Crippen molar-refractivity contribution in [3.8, 4) is 0 Å². The van der Waals surface area contributed by atoms with Gasteiger partial charge in [-0.25, -0.2) is 0 Å². The van der Waals surface area contributed by atoms with Gasteiger partial charge in [0.2, 0.25) is 5.91 Å². The smallest absolute Gasteiger partial charge is 0.248 e. The average molecular weight is 212 g/mol. The number of carbonyl (C=O) groups is 1. The normalized spacial score (nSPS) is 29.5. The summed E-state index contributed by atoms with van der Waals surface area (Å²) in [5.74, 6) is 0.774. The van der Waals surface area contributed by atoms with E-state index in [1.165, 1.54) is 12.8 Å². The lowest BCUT2D eigenvalue weighted by atomic mass is 9.91. The molecule has 15 heavy (non-hydrogen) atoms. The molecule has 2 fully saturated rings. The molecule has 0 saturated carbocycles. The summed E-state index contributed by atoms with van der Waals surface area (Å²) in [4.78, 5) is 13.4. The van der Waals surface area contributed by atoms with E-state index in [9.17, 15) is 4.79 Å². The maximum Gasteiger partial charge on any atom is 0.248 e. The molecule has 0 radical (unpaired) electrons. The minimum Gasteiger partial charge on any atom is -0.366 e. The SMILES string of the molecule is CCN1CC(C2CCNCC2)OCC1=O. The second kappa shape index (κ2) is 4.94. The highest BCUT2D eigenvalue weighted by Crippen LogP contribution is 2.22. The Labute approximate surface area is 91.0 Å². The van der Waals surface area contributed by atoms with Crippen molar-refractivity contribution in [2.45, 2.75) is 25.9 Å². The molecule has 0 aliphatic carbocycles. The van der Waals surface area contributed by atoms with Crippen molar-refractivity contribution in [1.29, 1.82) is 0 Å². The molecule has 2 heterocycles. The van der Waals surface area contributed by atoms with Crippen molar-refractivity contribution in [3.63, 3.8) is 0 Å². The molecular weight excluding hydrogens is 192 g/mol. The number of carbonyl (C=O) groups excluding carboxylic acids is 1. The van der Waals surface area contributed by atoms with Crippen LogP contribution in [0.3, 0.4) is 0 Å². The van der Waals surface area contributed by atoms with Gasteiger partial charge in [0, 0.05) is 13.1 Å². The first-order chi connectivity index (χ1) is 7.31. The Kier molecular flexibility index (Phi) is 3.59. The Morgan fingerprint density at radius 3 is 2.87 bits per heavy atom. The molecule has 0 spiro atoms. The zero-order chi connectivity index (χ0) is 10.7.